The fourth-order valence-corrected chi connectivity index (χ4v) is 1.28. The Morgan fingerprint density at radius 3 is 2.73 bits per heavy atom. The van der Waals surface area contributed by atoms with Gasteiger partial charge in [-0.3, -0.25) is 0 Å². The highest BCUT2D eigenvalue weighted by Gasteiger charge is 2.06. The summed E-state index contributed by atoms with van der Waals surface area (Å²) >= 11 is 5.57. The molecule has 0 amide bonds. The molecule has 1 N–H and O–H groups in total. The maximum Gasteiger partial charge on any atom is 0.331 e. The molecular weight excluding hydrogens is 219 g/mol. The van der Waals surface area contributed by atoms with Crippen LogP contribution in [-0.2, 0) is 4.79 Å². The molecule has 15 heavy (non-hydrogen) atoms. The van der Waals surface area contributed by atoms with E-state index < -0.39 is 11.8 Å². The molecule has 0 saturated heterocycles. The highest BCUT2D eigenvalue weighted by molar-refractivity contribution is 6.30. The van der Waals surface area contributed by atoms with E-state index in [1.54, 1.807) is 6.92 Å². The lowest BCUT2D eigenvalue weighted by molar-refractivity contribution is -0.132. The first-order valence-electron chi connectivity index (χ1n) is 4.43. The Morgan fingerprint density at radius 1 is 1.60 bits per heavy atom. The lowest BCUT2D eigenvalue weighted by Gasteiger charge is -2.00. The predicted molar refractivity (Wildman–Crippen MR) is 57.3 cm³/mol. The van der Waals surface area contributed by atoms with E-state index in [1.807, 2.05) is 0 Å². The zero-order chi connectivity index (χ0) is 11.4. The highest BCUT2D eigenvalue weighted by Crippen LogP contribution is 2.18. The number of hydrogen-bond acceptors (Lipinski definition) is 1. The van der Waals surface area contributed by atoms with Crippen LogP contribution in [0.25, 0.3) is 6.08 Å². The van der Waals surface area contributed by atoms with Crippen LogP contribution in [0.4, 0.5) is 4.39 Å². The zero-order valence-corrected chi connectivity index (χ0v) is 8.88. The third kappa shape index (κ3) is 3.06. The summed E-state index contributed by atoms with van der Waals surface area (Å²) in [5, 5.41) is 9.05. The van der Waals surface area contributed by atoms with Gasteiger partial charge in [-0.1, -0.05) is 24.6 Å². The van der Waals surface area contributed by atoms with Crippen molar-refractivity contribution >= 4 is 23.6 Å². The molecule has 0 unspecified atom stereocenters. The van der Waals surface area contributed by atoms with Gasteiger partial charge in [0.25, 0.3) is 0 Å². The Labute approximate surface area is 92.0 Å². The van der Waals surface area contributed by atoms with Crippen LogP contribution in [0.3, 0.4) is 0 Å². The Hall–Kier alpha value is -1.35. The number of aliphatic carboxylic acids is 1. The first-order chi connectivity index (χ1) is 7.04. The number of benzene rings is 1. The molecule has 0 bridgehead atoms. The third-order valence-corrected chi connectivity index (χ3v) is 2.18. The van der Waals surface area contributed by atoms with Gasteiger partial charge in [-0.05, 0) is 24.6 Å². The summed E-state index contributed by atoms with van der Waals surface area (Å²) in [4.78, 5) is 10.7. The van der Waals surface area contributed by atoms with Crippen LogP contribution in [0.2, 0.25) is 5.02 Å². The van der Waals surface area contributed by atoms with Gasteiger partial charge in [0.15, 0.2) is 0 Å². The number of carboxylic acid groups (broad SMARTS) is 1. The second-order valence-corrected chi connectivity index (χ2v) is 3.43. The largest absolute Gasteiger partial charge is 0.478 e. The lowest BCUT2D eigenvalue weighted by Crippen LogP contribution is -1.99. The summed E-state index contributed by atoms with van der Waals surface area (Å²) in [5.41, 5.74) is 0.398. The Bertz CT molecular complexity index is 413. The monoisotopic (exact) mass is 228 g/mol. The quantitative estimate of drug-likeness (QED) is 0.806. The van der Waals surface area contributed by atoms with Gasteiger partial charge < -0.3 is 5.11 Å². The van der Waals surface area contributed by atoms with Gasteiger partial charge in [-0.2, -0.15) is 0 Å². The Kier molecular flexibility index (Phi) is 3.86. The number of halogens is 2. The van der Waals surface area contributed by atoms with Gasteiger partial charge in [-0.15, -0.1) is 0 Å². The van der Waals surface area contributed by atoms with Crippen LogP contribution in [0.1, 0.15) is 18.9 Å². The van der Waals surface area contributed by atoms with Crippen LogP contribution >= 0.6 is 11.6 Å². The van der Waals surface area contributed by atoms with E-state index in [9.17, 15) is 9.18 Å². The highest BCUT2D eigenvalue weighted by atomic mass is 35.5. The van der Waals surface area contributed by atoms with Crippen LogP contribution in [-0.4, -0.2) is 11.1 Å². The van der Waals surface area contributed by atoms with Crippen LogP contribution < -0.4 is 0 Å². The van der Waals surface area contributed by atoms with Gasteiger partial charge in [0.1, 0.15) is 5.82 Å². The molecule has 1 aromatic carbocycles. The molecular formula is C11H10ClFO2. The van der Waals surface area contributed by atoms with E-state index in [1.165, 1.54) is 18.2 Å². The molecule has 0 aromatic heterocycles. The number of carbonyl (C=O) groups is 1. The third-order valence-electron chi connectivity index (χ3n) is 1.95. The molecule has 1 rings (SSSR count). The fraction of sp³-hybridized carbons (Fsp3) is 0.182. The molecule has 0 aliphatic carbocycles. The van der Waals surface area contributed by atoms with Crippen LogP contribution in [0.15, 0.2) is 23.8 Å². The van der Waals surface area contributed by atoms with E-state index in [2.05, 4.69) is 0 Å². The van der Waals surface area contributed by atoms with Crippen molar-refractivity contribution in [1.29, 1.82) is 0 Å². The van der Waals surface area contributed by atoms with Crippen LogP contribution in [0, 0.1) is 5.82 Å². The van der Waals surface area contributed by atoms with Crippen molar-refractivity contribution in [3.63, 3.8) is 0 Å². The summed E-state index contributed by atoms with van der Waals surface area (Å²) in [6.07, 6.45) is 1.66. The maximum atomic E-state index is 13.3. The molecule has 80 valence electrons. The lowest BCUT2D eigenvalue weighted by atomic mass is 10.1. The molecule has 0 aliphatic heterocycles. The minimum Gasteiger partial charge on any atom is -0.478 e. The average Bonchev–Trinajstić information content (AvgIpc) is 2.16. The summed E-state index contributed by atoms with van der Waals surface area (Å²) in [5.74, 6) is -1.55. The van der Waals surface area contributed by atoms with Crippen molar-refractivity contribution in [2.75, 3.05) is 0 Å². The second kappa shape index (κ2) is 4.94. The van der Waals surface area contributed by atoms with Gasteiger partial charge in [0.2, 0.25) is 0 Å². The summed E-state index contributed by atoms with van der Waals surface area (Å²) in [6, 6.07) is 4.13. The van der Waals surface area contributed by atoms with Gasteiger partial charge in [-0.25, -0.2) is 9.18 Å². The molecule has 0 aliphatic rings. The molecule has 2 nitrogen and oxygen atoms in total. The van der Waals surface area contributed by atoms with Crippen molar-refractivity contribution in [3.05, 3.63) is 40.2 Å². The number of rotatable bonds is 3. The van der Waals surface area contributed by atoms with Crippen molar-refractivity contribution in [2.24, 2.45) is 0 Å². The first kappa shape index (κ1) is 11.7. The first-order valence-corrected chi connectivity index (χ1v) is 4.81. The maximum absolute atomic E-state index is 13.3. The Morgan fingerprint density at radius 2 is 2.27 bits per heavy atom. The van der Waals surface area contributed by atoms with Gasteiger partial charge in [0, 0.05) is 16.2 Å². The molecule has 0 fully saturated rings. The zero-order valence-electron chi connectivity index (χ0n) is 8.13. The number of carboxylic acids is 1. The molecule has 0 heterocycles. The summed E-state index contributed by atoms with van der Waals surface area (Å²) < 4.78 is 13.3. The second-order valence-electron chi connectivity index (χ2n) is 2.99. The minimum absolute atomic E-state index is 0.163. The summed E-state index contributed by atoms with van der Waals surface area (Å²) in [7, 11) is 0. The van der Waals surface area contributed by atoms with Crippen molar-refractivity contribution in [1.82, 2.24) is 0 Å². The minimum atomic E-state index is -1.04. The normalized spacial score (nSPS) is 11.5. The fourth-order valence-electron chi connectivity index (χ4n) is 1.12. The van der Waals surface area contributed by atoms with E-state index in [-0.39, 0.29) is 16.2 Å². The molecule has 0 radical (unpaired) electrons. The van der Waals surface area contributed by atoms with Crippen molar-refractivity contribution in [2.45, 2.75) is 13.3 Å². The Balaban J connectivity index is 3.12. The van der Waals surface area contributed by atoms with Crippen LogP contribution in [0.5, 0.6) is 0 Å². The van der Waals surface area contributed by atoms with E-state index >= 15 is 0 Å². The molecule has 0 saturated carbocycles. The van der Waals surface area contributed by atoms with Crippen molar-refractivity contribution < 1.29 is 14.3 Å². The molecule has 0 atom stereocenters. The molecule has 1 aromatic rings. The van der Waals surface area contributed by atoms with Crippen molar-refractivity contribution in [3.8, 4) is 0 Å². The smallest absolute Gasteiger partial charge is 0.331 e. The van der Waals surface area contributed by atoms with E-state index in [0.717, 1.165) is 6.07 Å². The van der Waals surface area contributed by atoms with E-state index in [0.29, 0.717) is 6.42 Å². The molecule has 0 spiro atoms. The van der Waals surface area contributed by atoms with Gasteiger partial charge in [0.05, 0.1) is 0 Å². The number of hydrogen-bond donors (Lipinski definition) is 1. The van der Waals surface area contributed by atoms with Gasteiger partial charge >= 0.3 is 5.97 Å². The summed E-state index contributed by atoms with van der Waals surface area (Å²) in [6.45, 7) is 1.70. The standard InChI is InChI=1S/C11H10ClFO2/c1-2-7(11(14)15)5-8-3-4-9(12)6-10(8)13/h3-6H,2H2,1H3,(H,14,15)/b7-5+. The topological polar surface area (TPSA) is 37.3 Å². The predicted octanol–water partition coefficient (Wildman–Crippen LogP) is 3.36. The average molecular weight is 229 g/mol. The van der Waals surface area contributed by atoms with E-state index in [4.69, 9.17) is 16.7 Å². The molecule has 4 heteroatoms. The SMILES string of the molecule is CC/C(=C\c1ccc(Cl)cc1F)C(=O)O.